The number of hydrogen-bond donors (Lipinski definition) is 0. The minimum Gasteiger partial charge on any atom is -0.454 e. The van der Waals surface area contributed by atoms with Crippen molar-refractivity contribution in [1.29, 1.82) is 0 Å². The van der Waals surface area contributed by atoms with Crippen LogP contribution in [0.1, 0.15) is 102 Å². The zero-order chi connectivity index (χ0) is 39.2. The number of ketones is 2. The molecule has 0 spiro atoms. The van der Waals surface area contributed by atoms with Crippen LogP contribution in [-0.2, 0) is 19.1 Å². The Morgan fingerprint density at radius 2 is 1.12 bits per heavy atom. The van der Waals surface area contributed by atoms with Crippen molar-refractivity contribution < 1.29 is 19.1 Å². The highest BCUT2D eigenvalue weighted by Gasteiger charge is 2.40. The lowest BCUT2D eigenvalue weighted by Gasteiger charge is -2.36. The van der Waals surface area contributed by atoms with Crippen LogP contribution in [0.15, 0.2) is 130 Å². The van der Waals surface area contributed by atoms with Gasteiger partial charge in [0.2, 0.25) is 0 Å². The Kier molecular flexibility index (Phi) is 17.1. The lowest BCUT2D eigenvalue weighted by atomic mass is 9.68. The van der Waals surface area contributed by atoms with Gasteiger partial charge < -0.3 is 9.64 Å². The Balaban J connectivity index is 1.95. The van der Waals surface area contributed by atoms with Crippen molar-refractivity contribution in [3.8, 4) is 0 Å². The zero-order valence-corrected chi connectivity index (χ0v) is 34.4. The first kappa shape index (κ1) is 44.1. The van der Waals surface area contributed by atoms with E-state index in [9.17, 15) is 14.4 Å². The van der Waals surface area contributed by atoms with E-state index in [1.807, 2.05) is 77.1 Å². The number of rotatable bonds is 15. The highest BCUT2D eigenvalue weighted by molar-refractivity contribution is 6.01. The van der Waals surface area contributed by atoms with Crippen LogP contribution < -0.4 is 0 Å². The third-order valence-corrected chi connectivity index (χ3v) is 9.81. The number of allylic oxidation sites excluding steroid dienone is 21. The Hall–Kier alpha value is -4.09. The molecule has 2 aliphatic rings. The van der Waals surface area contributed by atoms with E-state index in [0.29, 0.717) is 24.8 Å². The van der Waals surface area contributed by atoms with Gasteiger partial charge in [-0.2, -0.15) is 0 Å². The second-order valence-electron chi connectivity index (χ2n) is 16.2. The minimum absolute atomic E-state index is 0.00311. The van der Waals surface area contributed by atoms with Gasteiger partial charge in [-0.1, -0.05) is 142 Å². The molecule has 0 aromatic carbocycles. The quantitative estimate of drug-likeness (QED) is 0.125. The van der Waals surface area contributed by atoms with E-state index in [1.165, 1.54) is 0 Å². The fourth-order valence-electron chi connectivity index (χ4n) is 6.85. The van der Waals surface area contributed by atoms with Crippen LogP contribution in [0.2, 0.25) is 0 Å². The number of carbonyl (C=O) groups is 3. The van der Waals surface area contributed by atoms with Crippen molar-refractivity contribution in [2.45, 2.75) is 108 Å². The summed E-state index contributed by atoms with van der Waals surface area (Å²) in [5, 5.41) is 0. The molecule has 0 bridgehead atoms. The van der Waals surface area contributed by atoms with Crippen molar-refractivity contribution in [3.05, 3.63) is 130 Å². The standard InChI is InChI=1S/C47H65NO4/c1-33(21-16-23-35(3)26-28-40-38(6)44(50)37(5)31-46(40,8)9)19-14-15-20-34(2)22-17-24-36(4)27-29-41-39(7)45(51)42(32-47(41,10)11)52-43(49)25-18-30-48(12)13/h14-17,19-24,26-29,37,42H,18,25,30-32H2,1-13H3/b15-14+,21-16+,22-17+,28-26+,29-27+,33-19+,34-20+,35-23+,36-24+. The molecule has 0 N–H and O–H groups in total. The fourth-order valence-corrected chi connectivity index (χ4v) is 6.85. The van der Waals surface area contributed by atoms with Crippen molar-refractivity contribution in [3.63, 3.8) is 0 Å². The first-order valence-electron chi connectivity index (χ1n) is 18.7. The number of esters is 1. The van der Waals surface area contributed by atoms with Gasteiger partial charge in [-0.3, -0.25) is 14.4 Å². The predicted octanol–water partition coefficient (Wildman–Crippen LogP) is 11.1. The number of nitrogens with zero attached hydrogens (tertiary/aromatic N) is 1. The maximum absolute atomic E-state index is 13.1. The molecular formula is C47H65NO4. The van der Waals surface area contributed by atoms with E-state index >= 15 is 0 Å². The summed E-state index contributed by atoms with van der Waals surface area (Å²) in [4.78, 5) is 40.1. The number of Topliss-reactive ketones (excluding diaryl/α,β-unsaturated/α-hetero) is 2. The molecule has 0 aromatic rings. The Bertz CT molecular complexity index is 1670. The molecule has 0 saturated heterocycles. The molecule has 0 heterocycles. The van der Waals surface area contributed by atoms with Gasteiger partial charge in [0.15, 0.2) is 17.7 Å². The van der Waals surface area contributed by atoms with E-state index < -0.39 is 6.10 Å². The van der Waals surface area contributed by atoms with Crippen molar-refractivity contribution >= 4 is 17.5 Å². The Morgan fingerprint density at radius 1 is 0.692 bits per heavy atom. The molecule has 0 saturated carbocycles. The molecule has 5 heteroatoms. The fraction of sp³-hybridized carbons (Fsp3) is 0.468. The molecule has 0 aromatic heterocycles. The van der Waals surface area contributed by atoms with Crippen LogP contribution in [0.5, 0.6) is 0 Å². The van der Waals surface area contributed by atoms with Gasteiger partial charge in [0.05, 0.1) is 0 Å². The number of carbonyl (C=O) groups excluding carboxylic acids is 3. The van der Waals surface area contributed by atoms with Crippen LogP contribution in [-0.4, -0.2) is 49.2 Å². The first-order valence-corrected chi connectivity index (χ1v) is 18.7. The lowest BCUT2D eigenvalue weighted by Crippen LogP contribution is -2.39. The molecule has 0 amide bonds. The SMILES string of the molecule is CC1=C(/C=C/C(C)=C/C=C/C(C)=C/C=C/C=C(C)/C=C/C=C(C)/C=C/C2=C(C)C(=O)C(OC(=O)CCCN(C)C)CC2(C)C)C(C)(C)CC(C)C1=O. The summed E-state index contributed by atoms with van der Waals surface area (Å²) in [6.45, 7) is 23.5. The minimum atomic E-state index is -0.723. The monoisotopic (exact) mass is 707 g/mol. The highest BCUT2D eigenvalue weighted by Crippen LogP contribution is 2.42. The molecule has 282 valence electrons. The van der Waals surface area contributed by atoms with Gasteiger partial charge in [0, 0.05) is 18.8 Å². The number of ether oxygens (including phenoxy) is 1. The topological polar surface area (TPSA) is 63.7 Å². The van der Waals surface area contributed by atoms with Gasteiger partial charge in [-0.15, -0.1) is 0 Å². The van der Waals surface area contributed by atoms with Crippen LogP contribution in [0.3, 0.4) is 0 Å². The molecule has 2 unspecified atom stereocenters. The van der Waals surface area contributed by atoms with E-state index in [1.54, 1.807) is 0 Å². The molecule has 52 heavy (non-hydrogen) atoms. The number of hydrogen-bond acceptors (Lipinski definition) is 5. The van der Waals surface area contributed by atoms with Gasteiger partial charge in [0.25, 0.3) is 0 Å². The van der Waals surface area contributed by atoms with E-state index in [4.69, 9.17) is 4.74 Å². The van der Waals surface area contributed by atoms with E-state index in [0.717, 1.165) is 52.0 Å². The summed E-state index contributed by atoms with van der Waals surface area (Å²) >= 11 is 0. The third-order valence-electron chi connectivity index (χ3n) is 9.81. The molecule has 2 aliphatic carbocycles. The molecular weight excluding hydrogens is 643 g/mol. The van der Waals surface area contributed by atoms with Crippen LogP contribution >= 0.6 is 0 Å². The second kappa shape index (κ2) is 20.2. The summed E-state index contributed by atoms with van der Waals surface area (Å²) in [6, 6.07) is 0. The molecule has 2 rings (SSSR count). The molecule has 0 radical (unpaired) electrons. The van der Waals surface area contributed by atoms with Gasteiger partial charge in [-0.25, -0.2) is 0 Å². The van der Waals surface area contributed by atoms with Crippen molar-refractivity contribution in [1.82, 2.24) is 4.90 Å². The summed E-state index contributed by atoms with van der Waals surface area (Å²) in [7, 11) is 3.94. The Labute approximate surface area is 315 Å². The van der Waals surface area contributed by atoms with Gasteiger partial charge in [0.1, 0.15) is 0 Å². The largest absolute Gasteiger partial charge is 0.454 e. The van der Waals surface area contributed by atoms with E-state index in [2.05, 4.69) is 103 Å². The third kappa shape index (κ3) is 14.1. The maximum atomic E-state index is 13.1. The zero-order valence-electron chi connectivity index (χ0n) is 34.4. The normalized spacial score (nSPS) is 22.6. The van der Waals surface area contributed by atoms with Crippen LogP contribution in [0, 0.1) is 16.7 Å². The molecule has 0 aliphatic heterocycles. The average Bonchev–Trinajstić information content (AvgIpc) is 3.03. The average molecular weight is 708 g/mol. The summed E-state index contributed by atoms with van der Waals surface area (Å²) < 4.78 is 5.63. The van der Waals surface area contributed by atoms with E-state index in [-0.39, 0.29) is 34.3 Å². The smallest absolute Gasteiger partial charge is 0.306 e. The van der Waals surface area contributed by atoms with Gasteiger partial charge >= 0.3 is 5.97 Å². The van der Waals surface area contributed by atoms with Gasteiger partial charge in [-0.05, 0) is 108 Å². The molecule has 2 atom stereocenters. The Morgan fingerprint density at radius 3 is 1.60 bits per heavy atom. The maximum Gasteiger partial charge on any atom is 0.306 e. The second-order valence-corrected chi connectivity index (χ2v) is 16.2. The summed E-state index contributed by atoms with van der Waals surface area (Å²) in [5.41, 5.74) is 7.84. The summed E-state index contributed by atoms with van der Waals surface area (Å²) in [6.07, 6.45) is 30.6. The van der Waals surface area contributed by atoms with Crippen LogP contribution in [0.4, 0.5) is 0 Å². The predicted molar refractivity (Wildman–Crippen MR) is 220 cm³/mol. The van der Waals surface area contributed by atoms with Crippen molar-refractivity contribution in [2.75, 3.05) is 20.6 Å². The summed E-state index contributed by atoms with van der Waals surface area (Å²) in [5.74, 6) is -0.0567. The lowest BCUT2D eigenvalue weighted by molar-refractivity contribution is -0.156. The van der Waals surface area contributed by atoms with Crippen molar-refractivity contribution in [2.24, 2.45) is 16.7 Å². The highest BCUT2D eigenvalue weighted by atomic mass is 16.5. The molecule has 0 fully saturated rings. The molecule has 5 nitrogen and oxygen atoms in total. The van der Waals surface area contributed by atoms with Crippen LogP contribution in [0.25, 0.3) is 0 Å². The first-order chi connectivity index (χ1) is 24.2.